The lowest BCUT2D eigenvalue weighted by Crippen LogP contribution is -2.44. The maximum Gasteiger partial charge on any atom is 0.232 e. The number of hydrogen-bond donors (Lipinski definition) is 0. The van der Waals surface area contributed by atoms with Crippen LogP contribution in [0.4, 0.5) is 0 Å². The average molecular weight is 325 g/mol. The van der Waals surface area contributed by atoms with E-state index in [4.69, 9.17) is 4.52 Å². The van der Waals surface area contributed by atoms with Gasteiger partial charge in [-0.05, 0) is 36.4 Å². The van der Waals surface area contributed by atoms with Crippen LogP contribution in [0.3, 0.4) is 0 Å². The molecule has 0 amide bonds. The summed E-state index contributed by atoms with van der Waals surface area (Å²) in [4.78, 5) is 8.05. The molecule has 0 spiro atoms. The summed E-state index contributed by atoms with van der Waals surface area (Å²) in [6, 6.07) is 10.7. The second-order valence-electron chi connectivity index (χ2n) is 6.25. The van der Waals surface area contributed by atoms with Crippen molar-refractivity contribution in [2.24, 2.45) is 0 Å². The van der Waals surface area contributed by atoms with E-state index in [1.165, 1.54) is 16.7 Å². The van der Waals surface area contributed by atoms with Gasteiger partial charge in [0.25, 0.3) is 0 Å². The minimum atomic E-state index is 0.362. The molecule has 0 atom stereocenters. The van der Waals surface area contributed by atoms with E-state index in [1.54, 1.807) is 11.3 Å². The number of benzene rings is 1. The number of likely N-dealkylation sites (tertiary alicyclic amines) is 1. The minimum absolute atomic E-state index is 0.362. The van der Waals surface area contributed by atoms with Crippen molar-refractivity contribution in [3.63, 3.8) is 0 Å². The van der Waals surface area contributed by atoms with Gasteiger partial charge >= 0.3 is 0 Å². The van der Waals surface area contributed by atoms with E-state index in [0.717, 1.165) is 30.4 Å². The van der Waals surface area contributed by atoms with Crippen LogP contribution in [0, 0.1) is 13.8 Å². The largest absolute Gasteiger partial charge is 0.339 e. The van der Waals surface area contributed by atoms with Crippen LogP contribution < -0.4 is 0 Å². The zero-order valence-electron chi connectivity index (χ0n) is 13.3. The van der Waals surface area contributed by atoms with Crippen LogP contribution in [0.25, 0.3) is 10.7 Å². The van der Waals surface area contributed by atoms with Crippen molar-refractivity contribution >= 4 is 11.3 Å². The molecule has 1 saturated heterocycles. The summed E-state index contributed by atoms with van der Waals surface area (Å²) in [5.41, 5.74) is 4.09. The quantitative estimate of drug-likeness (QED) is 0.727. The van der Waals surface area contributed by atoms with Gasteiger partial charge in [0.15, 0.2) is 0 Å². The summed E-state index contributed by atoms with van der Waals surface area (Å²) in [6.07, 6.45) is 0. The van der Waals surface area contributed by atoms with Gasteiger partial charge in [-0.25, -0.2) is 0 Å². The van der Waals surface area contributed by atoms with Gasteiger partial charge in [0.2, 0.25) is 11.7 Å². The molecule has 3 aromatic rings. The molecular weight excluding hydrogens is 306 g/mol. The van der Waals surface area contributed by atoms with Crippen molar-refractivity contribution in [3.05, 3.63) is 58.3 Å². The molecule has 0 aliphatic carbocycles. The smallest absolute Gasteiger partial charge is 0.232 e. The summed E-state index contributed by atoms with van der Waals surface area (Å²) in [6.45, 7) is 7.29. The van der Waals surface area contributed by atoms with Gasteiger partial charge in [-0.1, -0.05) is 35.0 Å². The van der Waals surface area contributed by atoms with E-state index in [0.29, 0.717) is 11.7 Å². The summed E-state index contributed by atoms with van der Waals surface area (Å²) < 4.78 is 5.45. The highest BCUT2D eigenvalue weighted by atomic mass is 32.1. The van der Waals surface area contributed by atoms with Crippen molar-refractivity contribution in [1.29, 1.82) is 0 Å². The number of thiophene rings is 1. The van der Waals surface area contributed by atoms with Crippen molar-refractivity contribution in [2.45, 2.75) is 26.3 Å². The van der Waals surface area contributed by atoms with Crippen molar-refractivity contribution in [1.82, 2.24) is 15.0 Å². The predicted molar refractivity (Wildman–Crippen MR) is 91.5 cm³/mol. The number of rotatable bonds is 4. The molecule has 5 heteroatoms. The Morgan fingerprint density at radius 3 is 2.91 bits per heavy atom. The molecule has 1 aromatic carbocycles. The monoisotopic (exact) mass is 325 g/mol. The topological polar surface area (TPSA) is 42.2 Å². The van der Waals surface area contributed by atoms with Gasteiger partial charge in [0.05, 0.1) is 10.8 Å². The van der Waals surface area contributed by atoms with Gasteiger partial charge in [-0.3, -0.25) is 4.90 Å². The van der Waals surface area contributed by atoms with Gasteiger partial charge < -0.3 is 4.52 Å². The first kappa shape index (κ1) is 14.6. The Labute approximate surface area is 139 Å². The molecule has 0 bridgehead atoms. The van der Waals surface area contributed by atoms with Crippen LogP contribution in [0.1, 0.15) is 28.5 Å². The highest BCUT2D eigenvalue weighted by molar-refractivity contribution is 7.13. The Hall–Kier alpha value is -1.98. The fourth-order valence-corrected chi connectivity index (χ4v) is 3.62. The second-order valence-corrected chi connectivity index (χ2v) is 7.20. The Kier molecular flexibility index (Phi) is 3.75. The summed E-state index contributed by atoms with van der Waals surface area (Å²) in [5, 5.41) is 6.13. The highest BCUT2D eigenvalue weighted by Gasteiger charge is 2.32. The second kappa shape index (κ2) is 5.91. The van der Waals surface area contributed by atoms with Crippen LogP contribution in [0.15, 0.2) is 40.2 Å². The highest BCUT2D eigenvalue weighted by Crippen LogP contribution is 2.30. The molecule has 1 fully saturated rings. The van der Waals surface area contributed by atoms with E-state index >= 15 is 0 Å². The number of hydrogen-bond acceptors (Lipinski definition) is 5. The Balaban J connectivity index is 1.39. The van der Waals surface area contributed by atoms with E-state index in [-0.39, 0.29) is 0 Å². The van der Waals surface area contributed by atoms with Crippen LogP contribution in [0.2, 0.25) is 0 Å². The number of aromatic nitrogens is 2. The molecule has 2 aromatic heterocycles. The minimum Gasteiger partial charge on any atom is -0.339 e. The number of aryl methyl sites for hydroxylation is 2. The predicted octanol–water partition coefficient (Wildman–Crippen LogP) is 4.01. The Morgan fingerprint density at radius 2 is 2.13 bits per heavy atom. The normalized spacial score (nSPS) is 15.7. The maximum atomic E-state index is 5.45. The lowest BCUT2D eigenvalue weighted by atomic mass is 9.97. The average Bonchev–Trinajstić information content (AvgIpc) is 3.16. The molecule has 0 radical (unpaired) electrons. The fraction of sp³-hybridized carbons (Fsp3) is 0.333. The molecular formula is C18H19N3OS. The van der Waals surface area contributed by atoms with E-state index in [1.807, 2.05) is 17.5 Å². The third-order valence-corrected chi connectivity index (χ3v) is 5.25. The summed E-state index contributed by atoms with van der Waals surface area (Å²) in [7, 11) is 0. The van der Waals surface area contributed by atoms with Gasteiger partial charge in [0, 0.05) is 19.6 Å². The fourth-order valence-electron chi connectivity index (χ4n) is 2.97. The van der Waals surface area contributed by atoms with E-state index in [9.17, 15) is 0 Å². The van der Waals surface area contributed by atoms with Gasteiger partial charge in [-0.2, -0.15) is 4.98 Å². The molecule has 23 heavy (non-hydrogen) atoms. The van der Waals surface area contributed by atoms with Gasteiger partial charge in [-0.15, -0.1) is 11.3 Å². The Morgan fingerprint density at radius 1 is 1.26 bits per heavy atom. The van der Waals surface area contributed by atoms with Gasteiger partial charge in [0.1, 0.15) is 0 Å². The lowest BCUT2D eigenvalue weighted by molar-refractivity contribution is 0.117. The zero-order chi connectivity index (χ0) is 15.8. The molecule has 1 aliphatic rings. The first-order valence-corrected chi connectivity index (χ1v) is 8.73. The zero-order valence-corrected chi connectivity index (χ0v) is 14.1. The third-order valence-electron chi connectivity index (χ3n) is 4.39. The molecule has 4 nitrogen and oxygen atoms in total. The lowest BCUT2D eigenvalue weighted by Gasteiger charge is -2.37. The van der Waals surface area contributed by atoms with Crippen LogP contribution in [-0.2, 0) is 6.54 Å². The van der Waals surface area contributed by atoms with Crippen molar-refractivity contribution in [2.75, 3.05) is 13.1 Å². The van der Waals surface area contributed by atoms with Crippen LogP contribution in [0.5, 0.6) is 0 Å². The molecule has 3 heterocycles. The molecule has 4 rings (SSSR count). The van der Waals surface area contributed by atoms with Crippen LogP contribution >= 0.6 is 11.3 Å². The summed E-state index contributed by atoms with van der Waals surface area (Å²) in [5.74, 6) is 1.84. The molecule has 0 saturated carbocycles. The van der Waals surface area contributed by atoms with E-state index in [2.05, 4.69) is 47.1 Å². The molecule has 118 valence electrons. The van der Waals surface area contributed by atoms with Crippen molar-refractivity contribution < 1.29 is 4.52 Å². The molecule has 0 N–H and O–H groups in total. The SMILES string of the molecule is Cc1ccc(C)c(CN2CC(c3nc(-c4cccs4)no3)C2)c1. The van der Waals surface area contributed by atoms with Crippen molar-refractivity contribution in [3.8, 4) is 10.7 Å². The third kappa shape index (κ3) is 2.94. The summed E-state index contributed by atoms with van der Waals surface area (Å²) >= 11 is 1.64. The van der Waals surface area contributed by atoms with Crippen LogP contribution in [-0.4, -0.2) is 28.1 Å². The molecule has 0 unspecified atom stereocenters. The Bertz CT molecular complexity index is 804. The molecule has 1 aliphatic heterocycles. The van der Waals surface area contributed by atoms with E-state index < -0.39 is 0 Å². The first-order valence-electron chi connectivity index (χ1n) is 7.85. The first-order chi connectivity index (χ1) is 11.2. The number of nitrogens with zero attached hydrogens (tertiary/aromatic N) is 3. The maximum absolute atomic E-state index is 5.45. The standard InChI is InChI=1S/C18H19N3OS/c1-12-5-6-13(2)14(8-12)9-21-10-15(11-21)18-19-17(20-22-18)16-4-3-7-23-16/h3-8,15H,9-11H2,1-2H3.